The number of rotatable bonds is 6. The Hall–Kier alpha value is -2.49. The van der Waals surface area contributed by atoms with Crippen LogP contribution < -0.4 is 5.32 Å². The Morgan fingerprint density at radius 2 is 1.55 bits per heavy atom. The van der Waals surface area contributed by atoms with Gasteiger partial charge in [-0.25, -0.2) is 8.42 Å². The summed E-state index contributed by atoms with van der Waals surface area (Å²) in [7, 11) is -4.76. The molecule has 29 heavy (non-hydrogen) atoms. The highest BCUT2D eigenvalue weighted by Crippen LogP contribution is 2.32. The minimum Gasteiger partial charge on any atom is -0.351 e. The molecule has 0 aliphatic heterocycles. The predicted molar refractivity (Wildman–Crippen MR) is 96.4 cm³/mol. The molecular weight excluding hydrogens is 417 g/mol. The monoisotopic (exact) mass is 435 g/mol. The number of alkyl halides is 5. The summed E-state index contributed by atoms with van der Waals surface area (Å²) in [6.07, 6.45) is -4.49. The second-order valence-electron chi connectivity index (χ2n) is 6.98. The van der Waals surface area contributed by atoms with Gasteiger partial charge in [-0.3, -0.25) is 4.79 Å². The molecule has 0 heterocycles. The molecule has 10 heteroatoms. The van der Waals surface area contributed by atoms with Crippen molar-refractivity contribution in [1.82, 2.24) is 5.32 Å². The molecule has 2 aromatic rings. The molecule has 158 valence electrons. The van der Waals surface area contributed by atoms with Crippen LogP contribution in [-0.2, 0) is 21.4 Å². The van der Waals surface area contributed by atoms with Crippen molar-refractivity contribution in [3.05, 3.63) is 65.2 Å². The summed E-state index contributed by atoms with van der Waals surface area (Å²) >= 11 is 0. The number of nitrogens with one attached hydrogen (secondary N) is 1. The van der Waals surface area contributed by atoms with Gasteiger partial charge in [0.25, 0.3) is 5.91 Å². The Bertz CT molecular complexity index is 984. The van der Waals surface area contributed by atoms with E-state index in [2.05, 4.69) is 5.32 Å². The third-order valence-corrected chi connectivity index (χ3v) is 5.74. The molecule has 0 fully saturated rings. The number of carbonyl (C=O) groups excluding carboxylic acids is 1. The third kappa shape index (κ3) is 5.31. The lowest BCUT2D eigenvalue weighted by atomic mass is 9.83. The van der Waals surface area contributed by atoms with Gasteiger partial charge in [0.2, 0.25) is 9.84 Å². The lowest BCUT2D eigenvalue weighted by Gasteiger charge is -2.26. The summed E-state index contributed by atoms with van der Waals surface area (Å²) in [6.45, 7) is 3.30. The first-order valence-electron chi connectivity index (χ1n) is 8.33. The van der Waals surface area contributed by atoms with E-state index in [9.17, 15) is 35.2 Å². The summed E-state index contributed by atoms with van der Waals surface area (Å²) in [5, 5.41) is 2.56. The maximum absolute atomic E-state index is 12.9. The van der Waals surface area contributed by atoms with Crippen LogP contribution in [0.4, 0.5) is 22.0 Å². The van der Waals surface area contributed by atoms with E-state index in [4.69, 9.17) is 0 Å². The van der Waals surface area contributed by atoms with Crippen molar-refractivity contribution < 1.29 is 35.2 Å². The maximum atomic E-state index is 12.9. The van der Waals surface area contributed by atoms with Crippen LogP contribution in [-0.4, -0.2) is 26.6 Å². The van der Waals surface area contributed by atoms with Gasteiger partial charge in [-0.2, -0.15) is 22.0 Å². The summed E-state index contributed by atoms with van der Waals surface area (Å²) < 4.78 is 86.6. The number of hydrogen-bond donors (Lipinski definition) is 1. The fourth-order valence-electron chi connectivity index (χ4n) is 2.52. The number of benzene rings is 2. The molecule has 0 aromatic heterocycles. The largest absolute Gasteiger partial charge is 0.416 e. The van der Waals surface area contributed by atoms with Gasteiger partial charge in [-0.15, -0.1) is 0 Å². The van der Waals surface area contributed by atoms with Crippen molar-refractivity contribution in [3.8, 4) is 0 Å². The molecule has 0 spiro atoms. The molecule has 0 unspecified atom stereocenters. The molecule has 0 saturated carbocycles. The molecule has 1 amide bonds. The Kier molecular flexibility index (Phi) is 6.36. The Labute approximate surface area is 164 Å². The van der Waals surface area contributed by atoms with Gasteiger partial charge in [0.05, 0.1) is 10.5 Å². The lowest BCUT2D eigenvalue weighted by Crippen LogP contribution is -2.36. The summed E-state index contributed by atoms with van der Waals surface area (Å²) in [6, 6.07) is 8.73. The van der Waals surface area contributed by atoms with Gasteiger partial charge >= 0.3 is 11.9 Å². The average Bonchev–Trinajstić information content (AvgIpc) is 2.65. The highest BCUT2D eigenvalue weighted by atomic mass is 32.2. The van der Waals surface area contributed by atoms with E-state index in [-0.39, 0.29) is 12.1 Å². The first-order valence-corrected chi connectivity index (χ1v) is 9.88. The minimum absolute atomic E-state index is 0.00969. The lowest BCUT2D eigenvalue weighted by molar-refractivity contribution is -0.137. The summed E-state index contributed by atoms with van der Waals surface area (Å²) in [5.41, 5.74) is -1.25. The molecule has 0 aliphatic rings. The third-order valence-electron chi connectivity index (χ3n) is 4.34. The SMILES string of the molecule is CC(C)(CNC(=O)c1ccc(S(=O)(=O)C(F)F)cc1)c1cccc(C(F)(F)F)c1. The molecule has 0 radical (unpaired) electrons. The first-order chi connectivity index (χ1) is 13.2. The van der Waals surface area contributed by atoms with Crippen molar-refractivity contribution in [2.24, 2.45) is 0 Å². The van der Waals surface area contributed by atoms with E-state index in [1.807, 2.05) is 0 Å². The predicted octanol–water partition coefficient (Wildman–Crippen LogP) is 4.41. The van der Waals surface area contributed by atoms with Crippen molar-refractivity contribution >= 4 is 15.7 Å². The van der Waals surface area contributed by atoms with Gasteiger partial charge in [-0.1, -0.05) is 32.0 Å². The zero-order valence-electron chi connectivity index (χ0n) is 15.4. The Morgan fingerprint density at radius 1 is 1.00 bits per heavy atom. The number of carbonyl (C=O) groups is 1. The number of amides is 1. The van der Waals surface area contributed by atoms with Gasteiger partial charge in [0.15, 0.2) is 0 Å². The van der Waals surface area contributed by atoms with Gasteiger partial charge in [0.1, 0.15) is 0 Å². The van der Waals surface area contributed by atoms with E-state index in [0.29, 0.717) is 5.56 Å². The van der Waals surface area contributed by atoms with E-state index in [1.54, 1.807) is 13.8 Å². The number of hydrogen-bond acceptors (Lipinski definition) is 3. The molecule has 0 saturated heterocycles. The topological polar surface area (TPSA) is 63.2 Å². The fraction of sp³-hybridized carbons (Fsp3) is 0.316. The molecule has 2 rings (SSSR count). The van der Waals surface area contributed by atoms with Gasteiger partial charge in [-0.05, 0) is 35.9 Å². The van der Waals surface area contributed by atoms with Gasteiger partial charge in [0, 0.05) is 17.5 Å². The van der Waals surface area contributed by atoms with Crippen LogP contribution in [0.15, 0.2) is 53.4 Å². The van der Waals surface area contributed by atoms with Crippen LogP contribution in [0, 0.1) is 0 Å². The molecule has 0 atom stereocenters. The number of sulfone groups is 1. The second-order valence-corrected chi connectivity index (χ2v) is 8.89. The van der Waals surface area contributed by atoms with E-state index >= 15 is 0 Å². The molecule has 4 nitrogen and oxygen atoms in total. The second kappa shape index (κ2) is 8.10. The zero-order valence-corrected chi connectivity index (χ0v) is 16.2. The van der Waals surface area contributed by atoms with Crippen LogP contribution in [0.2, 0.25) is 0 Å². The average molecular weight is 435 g/mol. The van der Waals surface area contributed by atoms with Crippen LogP contribution >= 0.6 is 0 Å². The normalized spacial score (nSPS) is 12.8. The number of halogens is 5. The van der Waals surface area contributed by atoms with Crippen molar-refractivity contribution in [1.29, 1.82) is 0 Å². The zero-order chi connectivity index (χ0) is 22.0. The minimum atomic E-state index is -4.76. The first kappa shape index (κ1) is 22.8. The smallest absolute Gasteiger partial charge is 0.351 e. The van der Waals surface area contributed by atoms with Crippen LogP contribution in [0.1, 0.15) is 35.3 Å². The highest BCUT2D eigenvalue weighted by Gasteiger charge is 2.32. The van der Waals surface area contributed by atoms with Crippen LogP contribution in [0.3, 0.4) is 0 Å². The van der Waals surface area contributed by atoms with Crippen LogP contribution in [0.25, 0.3) is 0 Å². The maximum Gasteiger partial charge on any atom is 0.416 e. The Balaban J connectivity index is 2.12. The van der Waals surface area contributed by atoms with Crippen molar-refractivity contribution in [2.75, 3.05) is 6.54 Å². The fourth-order valence-corrected chi connectivity index (χ4v) is 3.24. The van der Waals surface area contributed by atoms with Gasteiger partial charge < -0.3 is 5.32 Å². The van der Waals surface area contributed by atoms with E-state index in [1.165, 1.54) is 12.1 Å². The summed E-state index contributed by atoms with van der Waals surface area (Å²) in [5.74, 6) is -4.19. The molecule has 2 aromatic carbocycles. The van der Waals surface area contributed by atoms with Crippen LogP contribution in [0.5, 0.6) is 0 Å². The van der Waals surface area contributed by atoms with E-state index < -0.39 is 43.6 Å². The molecule has 1 N–H and O–H groups in total. The molecule has 0 aliphatic carbocycles. The van der Waals surface area contributed by atoms with E-state index in [0.717, 1.165) is 36.4 Å². The highest BCUT2D eigenvalue weighted by molar-refractivity contribution is 7.91. The standard InChI is InChI=1S/C19H18F5NO3S/c1-18(2,13-4-3-5-14(10-13)19(22,23)24)11-25-16(26)12-6-8-15(9-7-12)29(27,28)17(20)21/h3-10,17H,11H2,1-2H3,(H,25,26). The Morgan fingerprint density at radius 3 is 2.07 bits per heavy atom. The molecule has 0 bridgehead atoms. The molecular formula is C19H18F5NO3S. The summed E-state index contributed by atoms with van der Waals surface area (Å²) in [4.78, 5) is 11.6. The quantitative estimate of drug-likeness (QED) is 0.684. The van der Waals surface area contributed by atoms with Crippen molar-refractivity contribution in [3.63, 3.8) is 0 Å². The van der Waals surface area contributed by atoms with Crippen molar-refractivity contribution in [2.45, 2.75) is 36.1 Å².